The molecule has 0 aromatic carbocycles. The molecule has 0 aromatic rings. The summed E-state index contributed by atoms with van der Waals surface area (Å²) < 4.78 is 5.22. The average molecular weight is 230 g/mol. The molecule has 1 atom stereocenters. The first-order chi connectivity index (χ1) is 7.48. The fourth-order valence-corrected chi connectivity index (χ4v) is 1.64. The summed E-state index contributed by atoms with van der Waals surface area (Å²) >= 11 is 0. The fourth-order valence-electron chi connectivity index (χ4n) is 1.64. The second kappa shape index (κ2) is 5.50. The van der Waals surface area contributed by atoms with E-state index in [1.54, 1.807) is 12.0 Å². The minimum absolute atomic E-state index is 0.0684. The Hall–Kier alpha value is -0.810. The van der Waals surface area contributed by atoms with Gasteiger partial charge >= 0.3 is 6.03 Å². The monoisotopic (exact) mass is 230 g/mol. The highest BCUT2D eigenvalue weighted by Crippen LogP contribution is 2.15. The summed E-state index contributed by atoms with van der Waals surface area (Å²) in [6.45, 7) is 5.87. The maximum Gasteiger partial charge on any atom is 0.317 e. The molecule has 1 fully saturated rings. The number of ether oxygens (including phenoxy) is 1. The third-order valence-corrected chi connectivity index (χ3v) is 3.05. The average Bonchev–Trinajstić information content (AvgIpc) is 2.74. The van der Waals surface area contributed by atoms with Crippen molar-refractivity contribution in [2.45, 2.75) is 25.9 Å². The van der Waals surface area contributed by atoms with Crippen molar-refractivity contribution in [3.05, 3.63) is 0 Å². The molecule has 0 radical (unpaired) electrons. The van der Waals surface area contributed by atoms with Gasteiger partial charge in [0, 0.05) is 39.3 Å². The second-order valence-corrected chi connectivity index (χ2v) is 4.91. The number of carbonyl (C=O) groups is 1. The van der Waals surface area contributed by atoms with Crippen LogP contribution in [0.2, 0.25) is 0 Å². The molecule has 1 saturated heterocycles. The lowest BCUT2D eigenvalue weighted by atomic mass is 10.1. The summed E-state index contributed by atoms with van der Waals surface area (Å²) in [6.07, 6.45) is 0.886. The molecule has 2 N–H and O–H groups in total. The van der Waals surface area contributed by atoms with Crippen LogP contribution in [-0.2, 0) is 4.74 Å². The largest absolute Gasteiger partial charge is 0.396 e. The van der Waals surface area contributed by atoms with E-state index in [0.717, 1.165) is 13.0 Å². The third kappa shape index (κ3) is 3.64. The van der Waals surface area contributed by atoms with Crippen molar-refractivity contribution in [2.24, 2.45) is 5.92 Å². The quantitative estimate of drug-likeness (QED) is 0.736. The van der Waals surface area contributed by atoms with Gasteiger partial charge in [-0.05, 0) is 20.3 Å². The molecule has 1 rings (SSSR count). The highest BCUT2D eigenvalue weighted by molar-refractivity contribution is 5.74. The van der Waals surface area contributed by atoms with Crippen LogP contribution in [0.25, 0.3) is 0 Å². The van der Waals surface area contributed by atoms with E-state index in [-0.39, 0.29) is 24.2 Å². The highest BCUT2D eigenvalue weighted by Gasteiger charge is 2.26. The van der Waals surface area contributed by atoms with Gasteiger partial charge in [0.15, 0.2) is 0 Å². The van der Waals surface area contributed by atoms with Gasteiger partial charge in [-0.25, -0.2) is 4.79 Å². The van der Waals surface area contributed by atoms with E-state index in [2.05, 4.69) is 5.32 Å². The van der Waals surface area contributed by atoms with Gasteiger partial charge in [0.25, 0.3) is 0 Å². The summed E-state index contributed by atoms with van der Waals surface area (Å²) in [5.41, 5.74) is -0.342. The normalized spacial score (nSPS) is 21.2. The lowest BCUT2D eigenvalue weighted by molar-refractivity contribution is 0.0244. The first-order valence-corrected chi connectivity index (χ1v) is 5.67. The molecular formula is C11H22N2O3. The van der Waals surface area contributed by atoms with E-state index in [9.17, 15) is 4.79 Å². The minimum Gasteiger partial charge on any atom is -0.396 e. The predicted octanol–water partition coefficient (Wildman–Crippen LogP) is 0.435. The third-order valence-electron chi connectivity index (χ3n) is 3.05. The van der Waals surface area contributed by atoms with Crippen molar-refractivity contribution in [2.75, 3.05) is 33.4 Å². The van der Waals surface area contributed by atoms with E-state index in [1.807, 2.05) is 13.8 Å². The Morgan fingerprint density at radius 3 is 2.81 bits per heavy atom. The molecule has 0 spiro atoms. The van der Waals surface area contributed by atoms with Crippen molar-refractivity contribution in [3.63, 3.8) is 0 Å². The Morgan fingerprint density at radius 2 is 2.31 bits per heavy atom. The fraction of sp³-hybridized carbons (Fsp3) is 0.909. The molecule has 1 heterocycles. The minimum atomic E-state index is -0.342. The zero-order valence-corrected chi connectivity index (χ0v) is 10.3. The first kappa shape index (κ1) is 13.3. The van der Waals surface area contributed by atoms with Gasteiger partial charge in [-0.1, -0.05) is 0 Å². The Labute approximate surface area is 96.8 Å². The standard InChI is InChI=1S/C11H22N2O3/c1-11(2,16-3)8-12-10(15)13-5-4-9(6-13)7-14/h9,14H,4-8H2,1-3H3,(H,12,15). The number of methoxy groups -OCH3 is 1. The van der Waals surface area contributed by atoms with Crippen LogP contribution in [0, 0.1) is 5.92 Å². The molecule has 2 amide bonds. The molecule has 94 valence electrons. The maximum absolute atomic E-state index is 11.7. The summed E-state index contributed by atoms with van der Waals surface area (Å²) in [6, 6.07) is -0.0684. The molecule has 0 aromatic heterocycles. The lowest BCUT2D eigenvalue weighted by Gasteiger charge is -2.25. The number of aliphatic hydroxyl groups is 1. The van der Waals surface area contributed by atoms with Gasteiger partial charge in [-0.3, -0.25) is 0 Å². The van der Waals surface area contributed by atoms with E-state index < -0.39 is 0 Å². The maximum atomic E-state index is 11.7. The molecule has 1 aliphatic rings. The SMILES string of the molecule is COC(C)(C)CNC(=O)N1CCC(CO)C1. The van der Waals surface area contributed by atoms with Gasteiger partial charge in [0.05, 0.1) is 5.60 Å². The molecule has 1 aliphatic heterocycles. The number of aliphatic hydroxyl groups excluding tert-OH is 1. The smallest absolute Gasteiger partial charge is 0.317 e. The van der Waals surface area contributed by atoms with Crippen molar-refractivity contribution in [1.29, 1.82) is 0 Å². The Kier molecular flexibility index (Phi) is 4.56. The molecule has 0 aliphatic carbocycles. The van der Waals surface area contributed by atoms with Crippen LogP contribution in [-0.4, -0.2) is 55.0 Å². The van der Waals surface area contributed by atoms with Gasteiger partial charge in [-0.15, -0.1) is 0 Å². The summed E-state index contributed by atoms with van der Waals surface area (Å²) in [7, 11) is 1.63. The van der Waals surface area contributed by atoms with Gasteiger partial charge < -0.3 is 20.1 Å². The number of urea groups is 1. The van der Waals surface area contributed by atoms with Crippen molar-refractivity contribution in [1.82, 2.24) is 10.2 Å². The van der Waals surface area contributed by atoms with Crippen LogP contribution in [0.15, 0.2) is 0 Å². The van der Waals surface area contributed by atoms with Crippen LogP contribution in [0.5, 0.6) is 0 Å². The van der Waals surface area contributed by atoms with Crippen LogP contribution < -0.4 is 5.32 Å². The first-order valence-electron chi connectivity index (χ1n) is 5.67. The number of rotatable bonds is 4. The number of amides is 2. The molecule has 1 unspecified atom stereocenters. The Bertz CT molecular complexity index is 243. The second-order valence-electron chi connectivity index (χ2n) is 4.91. The van der Waals surface area contributed by atoms with Crippen LogP contribution in [0.1, 0.15) is 20.3 Å². The summed E-state index contributed by atoms with van der Waals surface area (Å²) in [5.74, 6) is 0.237. The number of hydrogen-bond acceptors (Lipinski definition) is 3. The number of nitrogens with zero attached hydrogens (tertiary/aromatic N) is 1. The number of hydrogen-bond donors (Lipinski definition) is 2. The van der Waals surface area contributed by atoms with E-state index >= 15 is 0 Å². The predicted molar refractivity (Wildman–Crippen MR) is 61.3 cm³/mol. The number of likely N-dealkylation sites (tertiary alicyclic amines) is 1. The van der Waals surface area contributed by atoms with Crippen LogP contribution in [0.3, 0.4) is 0 Å². The van der Waals surface area contributed by atoms with Crippen molar-refractivity contribution >= 4 is 6.03 Å². The van der Waals surface area contributed by atoms with Crippen LogP contribution >= 0.6 is 0 Å². The lowest BCUT2D eigenvalue weighted by Crippen LogP contribution is -2.45. The number of carbonyl (C=O) groups excluding carboxylic acids is 1. The topological polar surface area (TPSA) is 61.8 Å². The Balaban J connectivity index is 2.31. The Morgan fingerprint density at radius 1 is 1.62 bits per heavy atom. The highest BCUT2D eigenvalue weighted by atomic mass is 16.5. The zero-order chi connectivity index (χ0) is 12.2. The molecule has 5 heteroatoms. The number of nitrogens with one attached hydrogen (secondary N) is 1. The van der Waals surface area contributed by atoms with E-state index in [0.29, 0.717) is 13.1 Å². The van der Waals surface area contributed by atoms with Crippen LogP contribution in [0.4, 0.5) is 4.79 Å². The van der Waals surface area contributed by atoms with Gasteiger partial charge in [-0.2, -0.15) is 0 Å². The van der Waals surface area contributed by atoms with E-state index in [1.165, 1.54) is 0 Å². The molecule has 16 heavy (non-hydrogen) atoms. The van der Waals surface area contributed by atoms with Crippen molar-refractivity contribution in [3.8, 4) is 0 Å². The van der Waals surface area contributed by atoms with E-state index in [4.69, 9.17) is 9.84 Å². The summed E-state index contributed by atoms with van der Waals surface area (Å²) in [4.78, 5) is 13.5. The summed E-state index contributed by atoms with van der Waals surface area (Å²) in [5, 5.41) is 11.8. The molecule has 5 nitrogen and oxygen atoms in total. The molecule has 0 saturated carbocycles. The molecule has 0 bridgehead atoms. The zero-order valence-electron chi connectivity index (χ0n) is 10.3. The van der Waals surface area contributed by atoms with Gasteiger partial charge in [0.2, 0.25) is 0 Å². The van der Waals surface area contributed by atoms with Crippen molar-refractivity contribution < 1.29 is 14.6 Å². The van der Waals surface area contributed by atoms with Gasteiger partial charge in [0.1, 0.15) is 0 Å². The molecular weight excluding hydrogens is 208 g/mol.